The molecule has 7 heteroatoms. The highest BCUT2D eigenvalue weighted by Gasteiger charge is 2.39. The number of aromatic nitrogens is 1. The Balaban J connectivity index is 0.00000192. The molecule has 0 radical (unpaired) electrons. The molecule has 0 spiro atoms. The van der Waals surface area contributed by atoms with Crippen LogP contribution in [0.3, 0.4) is 0 Å². The standard InChI is InChI=1S/C16H22BrN3O2.ClH/c17-12-4-5-15(22)20(8-12)9-14(21)19-16-10-2-1-3-11(16)7-13(18)6-10;/h4-5,8,10-11,13,16H,1-3,6-7,9,18H2,(H,19,21);1H. The molecule has 2 atom stereocenters. The van der Waals surface area contributed by atoms with Gasteiger partial charge in [0.1, 0.15) is 6.54 Å². The quantitative estimate of drug-likeness (QED) is 0.809. The van der Waals surface area contributed by atoms with Crippen LogP contribution in [-0.4, -0.2) is 22.6 Å². The van der Waals surface area contributed by atoms with Crippen LogP contribution in [0.2, 0.25) is 0 Å². The molecule has 2 aliphatic rings. The average molecular weight is 405 g/mol. The third-order valence-corrected chi connectivity index (χ3v) is 5.43. The first kappa shape index (κ1) is 18.5. The highest BCUT2D eigenvalue weighted by molar-refractivity contribution is 9.10. The van der Waals surface area contributed by atoms with Crippen molar-refractivity contribution in [3.05, 3.63) is 33.2 Å². The van der Waals surface area contributed by atoms with E-state index in [0.29, 0.717) is 11.8 Å². The highest BCUT2D eigenvalue weighted by Crippen LogP contribution is 2.39. The van der Waals surface area contributed by atoms with E-state index in [1.165, 1.54) is 17.1 Å². The zero-order chi connectivity index (χ0) is 15.7. The molecule has 5 nitrogen and oxygen atoms in total. The van der Waals surface area contributed by atoms with Crippen molar-refractivity contribution in [2.24, 2.45) is 17.6 Å². The monoisotopic (exact) mass is 403 g/mol. The number of rotatable bonds is 3. The Morgan fingerprint density at radius 1 is 1.30 bits per heavy atom. The number of hydrogen-bond acceptors (Lipinski definition) is 3. The lowest BCUT2D eigenvalue weighted by atomic mass is 9.67. The van der Waals surface area contributed by atoms with Gasteiger partial charge in [0, 0.05) is 28.8 Å². The van der Waals surface area contributed by atoms with Crippen LogP contribution in [0.5, 0.6) is 0 Å². The lowest BCUT2D eigenvalue weighted by Crippen LogP contribution is -2.54. The molecule has 1 heterocycles. The number of nitrogens with zero attached hydrogens (tertiary/aromatic N) is 1. The van der Waals surface area contributed by atoms with E-state index in [9.17, 15) is 9.59 Å². The molecule has 1 aromatic rings. The van der Waals surface area contributed by atoms with Crippen molar-refractivity contribution in [2.45, 2.75) is 50.7 Å². The van der Waals surface area contributed by atoms with Crippen LogP contribution in [0.4, 0.5) is 0 Å². The molecule has 2 fully saturated rings. The van der Waals surface area contributed by atoms with E-state index in [0.717, 1.165) is 30.2 Å². The van der Waals surface area contributed by atoms with Gasteiger partial charge in [-0.3, -0.25) is 9.59 Å². The molecule has 3 rings (SSSR count). The van der Waals surface area contributed by atoms with Crippen LogP contribution < -0.4 is 16.6 Å². The molecule has 2 saturated carbocycles. The van der Waals surface area contributed by atoms with Crippen LogP contribution in [0.15, 0.2) is 27.6 Å². The Morgan fingerprint density at radius 3 is 2.61 bits per heavy atom. The Morgan fingerprint density at radius 2 is 1.96 bits per heavy atom. The second kappa shape index (κ2) is 7.81. The lowest BCUT2D eigenvalue weighted by molar-refractivity contribution is -0.124. The number of nitrogens with two attached hydrogens (primary N) is 1. The SMILES string of the molecule is Cl.NC1CC2CCCC(C1)C2NC(=O)Cn1cc(Br)ccc1=O. The largest absolute Gasteiger partial charge is 0.351 e. The summed E-state index contributed by atoms with van der Waals surface area (Å²) in [6, 6.07) is 3.65. The van der Waals surface area contributed by atoms with Crippen molar-refractivity contribution in [3.63, 3.8) is 0 Å². The van der Waals surface area contributed by atoms with Gasteiger partial charge in [0.2, 0.25) is 5.91 Å². The highest BCUT2D eigenvalue weighted by atomic mass is 79.9. The number of fused-ring (bicyclic) bond motifs is 2. The van der Waals surface area contributed by atoms with Gasteiger partial charge in [-0.05, 0) is 59.5 Å². The van der Waals surface area contributed by atoms with Gasteiger partial charge >= 0.3 is 0 Å². The van der Waals surface area contributed by atoms with Gasteiger partial charge in [-0.25, -0.2) is 0 Å². The van der Waals surface area contributed by atoms with Crippen LogP contribution >= 0.6 is 28.3 Å². The Labute approximate surface area is 150 Å². The third-order valence-electron chi connectivity index (χ3n) is 4.97. The van der Waals surface area contributed by atoms with Crippen LogP contribution in [0, 0.1) is 11.8 Å². The van der Waals surface area contributed by atoms with Crippen molar-refractivity contribution in [1.29, 1.82) is 0 Å². The molecule has 0 saturated heterocycles. The van der Waals surface area contributed by atoms with Gasteiger partial charge in [0.15, 0.2) is 0 Å². The average Bonchev–Trinajstić information content (AvgIpc) is 2.44. The first-order valence-electron chi connectivity index (χ1n) is 7.94. The maximum Gasteiger partial charge on any atom is 0.251 e. The summed E-state index contributed by atoms with van der Waals surface area (Å²) >= 11 is 3.33. The molecule has 3 N–H and O–H groups in total. The smallest absolute Gasteiger partial charge is 0.251 e. The lowest BCUT2D eigenvalue weighted by Gasteiger charge is -2.45. The summed E-state index contributed by atoms with van der Waals surface area (Å²) in [6.45, 7) is 0.0697. The minimum Gasteiger partial charge on any atom is -0.351 e. The van der Waals surface area contributed by atoms with Crippen LogP contribution in [0.1, 0.15) is 32.1 Å². The fourth-order valence-electron chi connectivity index (χ4n) is 4.04. The zero-order valence-electron chi connectivity index (χ0n) is 12.9. The van der Waals surface area contributed by atoms with Crippen molar-refractivity contribution < 1.29 is 4.79 Å². The number of halogens is 2. The Kier molecular flexibility index (Phi) is 6.28. The summed E-state index contributed by atoms with van der Waals surface area (Å²) in [5, 5.41) is 3.17. The first-order valence-corrected chi connectivity index (χ1v) is 8.73. The summed E-state index contributed by atoms with van der Waals surface area (Å²) in [5.74, 6) is 0.897. The first-order chi connectivity index (χ1) is 10.5. The predicted octanol–water partition coefficient (Wildman–Crippen LogP) is 2.05. The molecule has 0 aromatic carbocycles. The number of carbonyl (C=O) groups is 1. The van der Waals surface area contributed by atoms with Crippen molar-refractivity contribution in [2.75, 3.05) is 0 Å². The van der Waals surface area contributed by atoms with Crippen LogP contribution in [-0.2, 0) is 11.3 Å². The van der Waals surface area contributed by atoms with Crippen molar-refractivity contribution in [3.8, 4) is 0 Å². The maximum atomic E-state index is 12.3. The van der Waals surface area contributed by atoms with E-state index in [1.54, 1.807) is 12.3 Å². The van der Waals surface area contributed by atoms with Gasteiger partial charge in [-0.2, -0.15) is 0 Å². The predicted molar refractivity (Wildman–Crippen MR) is 95.6 cm³/mol. The minimum atomic E-state index is -0.163. The second-order valence-electron chi connectivity index (χ2n) is 6.59. The topological polar surface area (TPSA) is 77.1 Å². The van der Waals surface area contributed by atoms with Gasteiger partial charge in [0.25, 0.3) is 5.56 Å². The van der Waals surface area contributed by atoms with E-state index in [4.69, 9.17) is 5.73 Å². The van der Waals surface area contributed by atoms with Gasteiger partial charge < -0.3 is 15.6 Å². The van der Waals surface area contributed by atoms with Gasteiger partial charge in [-0.15, -0.1) is 12.4 Å². The maximum absolute atomic E-state index is 12.3. The molecule has 23 heavy (non-hydrogen) atoms. The summed E-state index contributed by atoms with van der Waals surface area (Å²) in [4.78, 5) is 24.1. The number of hydrogen-bond donors (Lipinski definition) is 2. The molecular formula is C16H23BrClN3O2. The second-order valence-corrected chi connectivity index (χ2v) is 7.50. The zero-order valence-corrected chi connectivity index (χ0v) is 15.3. The molecule has 2 bridgehead atoms. The molecule has 2 aliphatic carbocycles. The number of amides is 1. The van der Waals surface area contributed by atoms with Gasteiger partial charge in [0.05, 0.1) is 0 Å². The summed E-state index contributed by atoms with van der Waals surface area (Å²) in [6.07, 6.45) is 7.17. The number of nitrogens with one attached hydrogen (secondary N) is 1. The van der Waals surface area contributed by atoms with Gasteiger partial charge in [-0.1, -0.05) is 6.42 Å². The molecule has 1 amide bonds. The van der Waals surface area contributed by atoms with E-state index >= 15 is 0 Å². The normalized spacial score (nSPS) is 29.5. The number of carbonyl (C=O) groups excluding carboxylic acids is 1. The third kappa shape index (κ3) is 4.37. The van der Waals surface area contributed by atoms with Crippen molar-refractivity contribution >= 4 is 34.2 Å². The summed E-state index contributed by atoms with van der Waals surface area (Å²) in [7, 11) is 0. The molecule has 0 aliphatic heterocycles. The van der Waals surface area contributed by atoms with E-state index in [1.807, 2.05) is 0 Å². The fourth-order valence-corrected chi connectivity index (χ4v) is 4.42. The van der Waals surface area contributed by atoms with Crippen LogP contribution in [0.25, 0.3) is 0 Å². The van der Waals surface area contributed by atoms with E-state index in [2.05, 4.69) is 21.2 Å². The van der Waals surface area contributed by atoms with Crippen molar-refractivity contribution in [1.82, 2.24) is 9.88 Å². The molecule has 1 aromatic heterocycles. The molecule has 128 valence electrons. The minimum absolute atomic E-state index is 0. The molecular weight excluding hydrogens is 382 g/mol. The molecule has 2 unspecified atom stereocenters. The fraction of sp³-hybridized carbons (Fsp3) is 0.625. The van der Waals surface area contributed by atoms with E-state index in [-0.39, 0.29) is 42.5 Å². The summed E-state index contributed by atoms with van der Waals surface area (Å²) < 4.78 is 2.23. The number of pyridine rings is 1. The Bertz CT molecular complexity index is 608. The Hall–Kier alpha value is -0.850. The van der Waals surface area contributed by atoms with E-state index < -0.39 is 0 Å². The summed E-state index contributed by atoms with van der Waals surface area (Å²) in [5.41, 5.74) is 5.95.